The molecule has 1 saturated heterocycles. The summed E-state index contributed by atoms with van der Waals surface area (Å²) in [6.45, 7) is 1.98. The molecule has 0 bridgehead atoms. The minimum Gasteiger partial charge on any atom is -0.381 e. The van der Waals surface area contributed by atoms with Gasteiger partial charge in [0.25, 0.3) is 0 Å². The largest absolute Gasteiger partial charge is 0.381 e. The number of nitriles is 1. The van der Waals surface area contributed by atoms with Gasteiger partial charge in [0.05, 0.1) is 11.6 Å². The molecule has 1 unspecified atom stereocenters. The first-order chi connectivity index (χ1) is 8.70. The number of benzene rings is 1. The molecule has 0 saturated carbocycles. The zero-order chi connectivity index (χ0) is 13.0. The van der Waals surface area contributed by atoms with Crippen LogP contribution >= 0.6 is 0 Å². The number of ether oxygens (including phenoxy) is 1. The van der Waals surface area contributed by atoms with Crippen LogP contribution in [-0.2, 0) is 4.74 Å². The van der Waals surface area contributed by atoms with Crippen LogP contribution in [0.5, 0.6) is 0 Å². The van der Waals surface area contributed by atoms with Crippen LogP contribution in [0.25, 0.3) is 0 Å². The van der Waals surface area contributed by atoms with Crippen LogP contribution in [0.2, 0.25) is 0 Å². The quantitative estimate of drug-likeness (QED) is 0.896. The van der Waals surface area contributed by atoms with E-state index in [9.17, 15) is 8.78 Å². The number of hydrogen-bond acceptors (Lipinski definition) is 3. The van der Waals surface area contributed by atoms with Gasteiger partial charge in [-0.05, 0) is 30.9 Å². The summed E-state index contributed by atoms with van der Waals surface area (Å²) in [4.78, 5) is 0. The maximum atomic E-state index is 13.5. The zero-order valence-corrected chi connectivity index (χ0v) is 9.88. The molecule has 1 N–H and O–H groups in total. The zero-order valence-electron chi connectivity index (χ0n) is 9.88. The second-order valence-corrected chi connectivity index (χ2v) is 4.37. The van der Waals surface area contributed by atoms with Gasteiger partial charge in [0.1, 0.15) is 5.69 Å². The lowest BCUT2D eigenvalue weighted by Gasteiger charge is -2.11. The summed E-state index contributed by atoms with van der Waals surface area (Å²) in [6.07, 6.45) is 1.82. The monoisotopic (exact) mass is 252 g/mol. The van der Waals surface area contributed by atoms with Gasteiger partial charge < -0.3 is 10.1 Å². The van der Waals surface area contributed by atoms with Crippen LogP contribution in [-0.4, -0.2) is 19.8 Å². The third kappa shape index (κ3) is 2.96. The summed E-state index contributed by atoms with van der Waals surface area (Å²) in [6, 6.07) is 3.78. The molecule has 96 valence electrons. The Labute approximate surface area is 104 Å². The maximum Gasteiger partial charge on any atom is 0.150 e. The van der Waals surface area contributed by atoms with Crippen molar-refractivity contribution in [2.45, 2.75) is 12.8 Å². The second-order valence-electron chi connectivity index (χ2n) is 4.37. The summed E-state index contributed by atoms with van der Waals surface area (Å²) in [7, 11) is 0. The van der Waals surface area contributed by atoms with Crippen molar-refractivity contribution in [2.75, 3.05) is 25.1 Å². The van der Waals surface area contributed by atoms with Gasteiger partial charge in [-0.1, -0.05) is 0 Å². The Kier molecular flexibility index (Phi) is 4.11. The predicted octanol–water partition coefficient (Wildman–Crippen LogP) is 2.67. The molecular formula is C13H14F2N2O. The summed E-state index contributed by atoms with van der Waals surface area (Å²) < 4.78 is 32.3. The van der Waals surface area contributed by atoms with Crippen LogP contribution < -0.4 is 5.32 Å². The van der Waals surface area contributed by atoms with Gasteiger partial charge in [-0.3, -0.25) is 0 Å². The highest BCUT2D eigenvalue weighted by Crippen LogP contribution is 2.22. The number of rotatable bonds is 4. The smallest absolute Gasteiger partial charge is 0.150 e. The van der Waals surface area contributed by atoms with Crippen molar-refractivity contribution in [2.24, 2.45) is 5.92 Å². The number of nitrogens with zero attached hydrogens (tertiary/aromatic N) is 1. The average molecular weight is 252 g/mol. The molecule has 1 heterocycles. The molecule has 0 radical (unpaired) electrons. The lowest BCUT2D eigenvalue weighted by Crippen LogP contribution is -2.11. The van der Waals surface area contributed by atoms with Crippen molar-refractivity contribution in [3.63, 3.8) is 0 Å². The van der Waals surface area contributed by atoms with Gasteiger partial charge in [0, 0.05) is 19.8 Å². The molecule has 5 heteroatoms. The standard InChI is InChI=1S/C13H14F2N2O/c14-11-5-10(7-16)6-12(15)13(11)17-3-1-9-2-4-18-8-9/h5-6,9,17H,1-4,8H2. The number of hydrogen-bond donors (Lipinski definition) is 1. The fourth-order valence-corrected chi connectivity index (χ4v) is 2.02. The first kappa shape index (κ1) is 12.8. The Hall–Kier alpha value is -1.67. The Morgan fingerprint density at radius 3 is 2.67 bits per heavy atom. The molecule has 2 rings (SSSR count). The van der Waals surface area contributed by atoms with Crippen LogP contribution in [0, 0.1) is 28.9 Å². The summed E-state index contributed by atoms with van der Waals surface area (Å²) >= 11 is 0. The average Bonchev–Trinajstić information content (AvgIpc) is 2.85. The van der Waals surface area contributed by atoms with Crippen LogP contribution in [0.15, 0.2) is 12.1 Å². The van der Waals surface area contributed by atoms with Gasteiger partial charge in [0.15, 0.2) is 11.6 Å². The summed E-state index contributed by atoms with van der Waals surface area (Å²) in [5.74, 6) is -0.995. The van der Waals surface area contributed by atoms with E-state index < -0.39 is 11.6 Å². The highest BCUT2D eigenvalue weighted by Gasteiger charge is 2.16. The fraction of sp³-hybridized carbons (Fsp3) is 0.462. The number of anilines is 1. The van der Waals surface area contributed by atoms with E-state index in [0.29, 0.717) is 12.5 Å². The molecule has 1 aromatic carbocycles. The van der Waals surface area contributed by atoms with Crippen LogP contribution in [0.3, 0.4) is 0 Å². The van der Waals surface area contributed by atoms with Crippen molar-refractivity contribution in [3.05, 3.63) is 29.3 Å². The molecule has 1 atom stereocenters. The van der Waals surface area contributed by atoms with Gasteiger partial charge >= 0.3 is 0 Å². The fourth-order valence-electron chi connectivity index (χ4n) is 2.02. The Bertz CT molecular complexity index is 442. The van der Waals surface area contributed by atoms with Gasteiger partial charge in [-0.2, -0.15) is 5.26 Å². The predicted molar refractivity (Wildman–Crippen MR) is 63.1 cm³/mol. The van der Waals surface area contributed by atoms with Crippen LogP contribution in [0.1, 0.15) is 18.4 Å². The minimum absolute atomic E-state index is 0.0141. The highest BCUT2D eigenvalue weighted by molar-refractivity contribution is 5.50. The molecule has 18 heavy (non-hydrogen) atoms. The number of halogens is 2. The lowest BCUT2D eigenvalue weighted by atomic mass is 10.1. The normalized spacial score (nSPS) is 18.6. The van der Waals surface area contributed by atoms with Gasteiger partial charge in [-0.25, -0.2) is 8.78 Å². The molecule has 1 aliphatic rings. The van der Waals surface area contributed by atoms with Gasteiger partial charge in [-0.15, -0.1) is 0 Å². The first-order valence-electron chi connectivity index (χ1n) is 5.91. The topological polar surface area (TPSA) is 45.0 Å². The summed E-state index contributed by atoms with van der Waals surface area (Å²) in [5.41, 5.74) is -0.173. The van der Waals surface area contributed by atoms with Crippen LogP contribution in [0.4, 0.5) is 14.5 Å². The SMILES string of the molecule is N#Cc1cc(F)c(NCCC2CCOC2)c(F)c1. The lowest BCUT2D eigenvalue weighted by molar-refractivity contribution is 0.185. The van der Waals surface area contributed by atoms with E-state index in [1.54, 1.807) is 6.07 Å². The Morgan fingerprint density at radius 2 is 2.11 bits per heavy atom. The molecule has 0 aliphatic carbocycles. The Balaban J connectivity index is 1.94. The second kappa shape index (κ2) is 5.78. The molecule has 1 fully saturated rings. The van der Waals surface area contributed by atoms with E-state index in [1.165, 1.54) is 0 Å². The third-order valence-electron chi connectivity index (χ3n) is 3.05. The van der Waals surface area contributed by atoms with Crippen molar-refractivity contribution in [1.29, 1.82) is 5.26 Å². The summed E-state index contributed by atoms with van der Waals surface area (Å²) in [5, 5.41) is 11.3. The first-order valence-corrected chi connectivity index (χ1v) is 5.91. The van der Waals surface area contributed by atoms with E-state index in [4.69, 9.17) is 10.00 Å². The van der Waals surface area contributed by atoms with E-state index >= 15 is 0 Å². The molecule has 3 nitrogen and oxygen atoms in total. The molecule has 1 aromatic rings. The van der Waals surface area contributed by atoms with Crippen molar-refractivity contribution in [3.8, 4) is 6.07 Å². The van der Waals surface area contributed by atoms with Gasteiger partial charge in [0.2, 0.25) is 0 Å². The third-order valence-corrected chi connectivity index (χ3v) is 3.05. The molecule has 0 amide bonds. The molecular weight excluding hydrogens is 238 g/mol. The van der Waals surface area contributed by atoms with Crippen molar-refractivity contribution < 1.29 is 13.5 Å². The maximum absolute atomic E-state index is 13.5. The van der Waals surface area contributed by atoms with E-state index in [1.807, 2.05) is 0 Å². The van der Waals surface area contributed by atoms with E-state index in [-0.39, 0.29) is 11.3 Å². The highest BCUT2D eigenvalue weighted by atomic mass is 19.1. The number of nitrogens with one attached hydrogen (secondary N) is 1. The van der Waals surface area contributed by atoms with Crippen molar-refractivity contribution in [1.82, 2.24) is 0 Å². The van der Waals surface area contributed by atoms with E-state index in [0.717, 1.165) is 38.2 Å². The molecule has 0 spiro atoms. The molecule has 1 aliphatic heterocycles. The minimum atomic E-state index is -0.728. The van der Waals surface area contributed by atoms with E-state index in [2.05, 4.69) is 5.32 Å². The molecule has 0 aromatic heterocycles. The Morgan fingerprint density at radius 1 is 1.39 bits per heavy atom. The van der Waals surface area contributed by atoms with Crippen molar-refractivity contribution >= 4 is 5.69 Å².